The SMILES string of the molecule is [CH]c1cc(C23CC4CC(CC(C4)C2)C3)ccc1N(C)c1ccc(N(C)c2ncccc2C(=O)O)cc1. The molecule has 7 rings (SSSR count). The molecule has 1 N–H and O–H groups in total. The lowest BCUT2D eigenvalue weighted by Gasteiger charge is -2.57. The highest BCUT2D eigenvalue weighted by atomic mass is 16.4. The Bertz CT molecular complexity index is 1260. The van der Waals surface area contributed by atoms with Crippen LogP contribution >= 0.6 is 0 Å². The number of pyridine rings is 1. The average Bonchev–Trinajstić information content (AvgIpc) is 2.87. The highest BCUT2D eigenvalue weighted by Gasteiger charge is 2.51. The Kier molecular flexibility index (Phi) is 5.55. The number of benzene rings is 2. The van der Waals surface area contributed by atoms with Gasteiger partial charge in [-0.25, -0.2) is 9.78 Å². The minimum atomic E-state index is -0.992. The number of aromatic nitrogens is 1. The van der Waals surface area contributed by atoms with E-state index in [2.05, 4.69) is 28.1 Å². The maximum absolute atomic E-state index is 11.6. The maximum atomic E-state index is 11.6. The quantitative estimate of drug-likeness (QED) is 0.419. The van der Waals surface area contributed by atoms with E-state index in [0.717, 1.165) is 40.4 Å². The average molecular weight is 480 g/mol. The van der Waals surface area contributed by atoms with E-state index in [-0.39, 0.29) is 5.56 Å². The van der Waals surface area contributed by atoms with Gasteiger partial charge in [0.2, 0.25) is 0 Å². The molecule has 0 aliphatic heterocycles. The van der Waals surface area contributed by atoms with Gasteiger partial charge in [-0.3, -0.25) is 0 Å². The first kappa shape index (κ1) is 23.1. The van der Waals surface area contributed by atoms with Crippen molar-refractivity contribution in [3.05, 3.63) is 84.4 Å². The van der Waals surface area contributed by atoms with Crippen molar-refractivity contribution in [3.63, 3.8) is 0 Å². The standard InChI is InChI=1S/C31H33N3O2/c1-20-13-24(31-17-21-14-22(18-31)16-23(15-21)19-31)6-11-28(20)33(2)25-7-9-26(10-8-25)34(3)29-27(30(35)36)5-4-12-32-29/h1,4-13,21-23H,14-19H2,2-3H3,(H,35,36). The molecule has 184 valence electrons. The molecule has 0 unspecified atom stereocenters. The molecule has 4 aliphatic rings. The van der Waals surface area contributed by atoms with Crippen molar-refractivity contribution in [2.24, 2.45) is 17.8 Å². The largest absolute Gasteiger partial charge is 0.478 e. The normalized spacial score (nSPS) is 26.1. The van der Waals surface area contributed by atoms with Crippen LogP contribution < -0.4 is 9.80 Å². The summed E-state index contributed by atoms with van der Waals surface area (Å²) in [5.41, 5.74) is 5.66. The summed E-state index contributed by atoms with van der Waals surface area (Å²) in [4.78, 5) is 19.8. The molecule has 4 fully saturated rings. The molecule has 1 aromatic heterocycles. The Morgan fingerprint density at radius 3 is 2.06 bits per heavy atom. The first-order valence-electron chi connectivity index (χ1n) is 13.0. The summed E-state index contributed by atoms with van der Waals surface area (Å²) in [7, 11) is 3.87. The number of carboxylic acid groups (broad SMARTS) is 1. The van der Waals surface area contributed by atoms with Crippen molar-refractivity contribution in [3.8, 4) is 0 Å². The molecular formula is C31H33N3O2. The number of anilines is 4. The molecule has 0 atom stereocenters. The van der Waals surface area contributed by atoms with Gasteiger partial charge < -0.3 is 14.9 Å². The third kappa shape index (κ3) is 3.85. The molecule has 3 aromatic rings. The molecule has 36 heavy (non-hydrogen) atoms. The number of carbonyl (C=O) groups is 1. The van der Waals surface area contributed by atoms with Crippen molar-refractivity contribution in [2.45, 2.75) is 43.9 Å². The molecule has 4 saturated carbocycles. The third-order valence-electron chi connectivity index (χ3n) is 9.00. The van der Waals surface area contributed by atoms with Crippen molar-refractivity contribution >= 4 is 28.8 Å². The minimum absolute atomic E-state index is 0.174. The zero-order valence-corrected chi connectivity index (χ0v) is 21.0. The van der Waals surface area contributed by atoms with Crippen LogP contribution in [0.1, 0.15) is 60.0 Å². The number of carboxylic acids is 1. The van der Waals surface area contributed by atoms with E-state index in [9.17, 15) is 9.90 Å². The van der Waals surface area contributed by atoms with Gasteiger partial charge in [-0.2, -0.15) is 0 Å². The smallest absolute Gasteiger partial charge is 0.339 e. The van der Waals surface area contributed by atoms with Crippen molar-refractivity contribution in [1.29, 1.82) is 0 Å². The van der Waals surface area contributed by atoms with E-state index in [1.54, 1.807) is 23.2 Å². The zero-order valence-electron chi connectivity index (χ0n) is 21.0. The van der Waals surface area contributed by atoms with Gasteiger partial charge in [0.15, 0.2) is 0 Å². The van der Waals surface area contributed by atoms with Crippen LogP contribution in [0.5, 0.6) is 0 Å². The lowest BCUT2D eigenvalue weighted by atomic mass is 9.48. The molecule has 0 spiro atoms. The van der Waals surface area contributed by atoms with Gasteiger partial charge in [-0.05, 0) is 115 Å². The molecule has 5 heteroatoms. The van der Waals surface area contributed by atoms with Crippen LogP contribution in [0.4, 0.5) is 22.9 Å². The van der Waals surface area contributed by atoms with E-state index in [1.165, 1.54) is 44.1 Å². The highest BCUT2D eigenvalue weighted by molar-refractivity contribution is 5.94. The fourth-order valence-corrected chi connectivity index (χ4v) is 7.65. The van der Waals surface area contributed by atoms with Gasteiger partial charge in [-0.15, -0.1) is 0 Å². The van der Waals surface area contributed by atoms with Crippen LogP contribution in [0.15, 0.2) is 60.8 Å². The predicted molar refractivity (Wildman–Crippen MR) is 143 cm³/mol. The summed E-state index contributed by atoms with van der Waals surface area (Å²) >= 11 is 0. The summed E-state index contributed by atoms with van der Waals surface area (Å²) in [6, 6.07) is 18.0. The van der Waals surface area contributed by atoms with Crippen LogP contribution in [0.3, 0.4) is 0 Å². The van der Waals surface area contributed by atoms with Crippen molar-refractivity contribution in [2.75, 3.05) is 23.9 Å². The number of aromatic carboxylic acids is 1. The van der Waals surface area contributed by atoms with E-state index in [4.69, 9.17) is 6.92 Å². The Morgan fingerprint density at radius 1 is 0.917 bits per heavy atom. The number of hydrogen-bond acceptors (Lipinski definition) is 4. The summed E-state index contributed by atoms with van der Waals surface area (Å²) in [6.45, 7) is 6.66. The molecule has 0 amide bonds. The summed E-state index contributed by atoms with van der Waals surface area (Å²) in [5, 5.41) is 9.51. The number of rotatable bonds is 6. The first-order chi connectivity index (χ1) is 17.3. The van der Waals surface area contributed by atoms with Crippen molar-refractivity contribution in [1.82, 2.24) is 4.98 Å². The van der Waals surface area contributed by atoms with E-state index >= 15 is 0 Å². The Labute approximate surface area is 213 Å². The number of hydrogen-bond donors (Lipinski definition) is 1. The molecule has 4 bridgehead atoms. The van der Waals surface area contributed by atoms with Crippen LogP contribution in [0.2, 0.25) is 0 Å². The summed E-state index contributed by atoms with van der Waals surface area (Å²) in [5.74, 6) is 2.15. The predicted octanol–water partition coefficient (Wildman–Crippen LogP) is 6.84. The first-order valence-corrected chi connectivity index (χ1v) is 13.0. The summed E-state index contributed by atoms with van der Waals surface area (Å²) < 4.78 is 0. The van der Waals surface area contributed by atoms with E-state index in [0.29, 0.717) is 11.2 Å². The maximum Gasteiger partial charge on any atom is 0.339 e. The second-order valence-corrected chi connectivity index (χ2v) is 11.3. The van der Waals surface area contributed by atoms with E-state index in [1.807, 2.05) is 38.4 Å². The van der Waals surface area contributed by atoms with Crippen LogP contribution in [0.25, 0.3) is 0 Å². The molecule has 5 nitrogen and oxygen atoms in total. The van der Waals surface area contributed by atoms with Gasteiger partial charge >= 0.3 is 5.97 Å². The minimum Gasteiger partial charge on any atom is -0.478 e. The van der Waals surface area contributed by atoms with Gasteiger partial charge in [0.05, 0.1) is 0 Å². The van der Waals surface area contributed by atoms with E-state index < -0.39 is 5.97 Å². The molecule has 0 saturated heterocycles. The zero-order chi connectivity index (χ0) is 25.0. The molecule has 4 aliphatic carbocycles. The molecule has 1 heterocycles. The van der Waals surface area contributed by atoms with Crippen LogP contribution in [-0.4, -0.2) is 30.2 Å². The third-order valence-corrected chi connectivity index (χ3v) is 9.00. The topological polar surface area (TPSA) is 56.7 Å². The molecule has 2 radical (unpaired) electrons. The molecule has 2 aromatic carbocycles. The lowest BCUT2D eigenvalue weighted by molar-refractivity contribution is -0.00519. The van der Waals surface area contributed by atoms with Crippen LogP contribution in [0, 0.1) is 24.7 Å². The second-order valence-electron chi connectivity index (χ2n) is 11.3. The summed E-state index contributed by atoms with van der Waals surface area (Å²) in [6.07, 6.45) is 9.94. The monoisotopic (exact) mass is 479 g/mol. The van der Waals surface area contributed by atoms with Crippen LogP contribution in [-0.2, 0) is 5.41 Å². The second kappa shape index (κ2) is 8.65. The Hall–Kier alpha value is -3.34. The Balaban J connectivity index is 1.23. The van der Waals surface area contributed by atoms with Crippen molar-refractivity contribution < 1.29 is 9.90 Å². The Morgan fingerprint density at radius 2 is 1.50 bits per heavy atom. The lowest BCUT2D eigenvalue weighted by Crippen LogP contribution is -2.48. The fraction of sp³-hybridized carbons (Fsp3) is 0.387. The van der Waals surface area contributed by atoms with Gasteiger partial charge in [0.1, 0.15) is 11.4 Å². The van der Waals surface area contributed by atoms with Gasteiger partial charge in [0, 0.05) is 44.3 Å². The van der Waals surface area contributed by atoms with Gasteiger partial charge in [-0.1, -0.05) is 12.1 Å². The highest BCUT2D eigenvalue weighted by Crippen LogP contribution is 2.60. The fourth-order valence-electron chi connectivity index (χ4n) is 7.65. The van der Waals surface area contributed by atoms with Gasteiger partial charge in [0.25, 0.3) is 0 Å². The molecular weight excluding hydrogens is 446 g/mol. The number of nitrogens with zero attached hydrogens (tertiary/aromatic N) is 3.